The minimum Gasteiger partial charge on any atom is -0.439 e. The van der Waals surface area contributed by atoms with E-state index in [0.29, 0.717) is 18.4 Å². The zero-order valence-corrected chi connectivity index (χ0v) is 16.0. The molecule has 0 unspecified atom stereocenters. The minimum absolute atomic E-state index is 0.247. The largest absolute Gasteiger partial charge is 0.439 e. The van der Waals surface area contributed by atoms with E-state index >= 15 is 0 Å². The van der Waals surface area contributed by atoms with Crippen molar-refractivity contribution in [2.75, 3.05) is 38.2 Å². The first-order valence-electron chi connectivity index (χ1n) is 9.31. The number of hydrogen-bond donors (Lipinski definition) is 2. The summed E-state index contributed by atoms with van der Waals surface area (Å²) >= 11 is 0. The lowest BCUT2D eigenvalue weighted by atomic mass is 9.93. The minimum atomic E-state index is -0.541. The SMILES string of the molecule is CNC(=O)COC(=O)NCCC1CCN(c2ccc(C(C)C)cn2)CC1. The van der Waals surface area contributed by atoms with Crippen molar-refractivity contribution in [1.82, 2.24) is 15.6 Å². The first-order chi connectivity index (χ1) is 12.5. The van der Waals surface area contributed by atoms with Gasteiger partial charge in [0.1, 0.15) is 5.82 Å². The fraction of sp³-hybridized carbons (Fsp3) is 0.632. The molecule has 1 saturated heterocycles. The molecule has 2 rings (SSSR count). The Kier molecular flexibility index (Phi) is 7.69. The average Bonchev–Trinajstić information content (AvgIpc) is 2.66. The zero-order chi connectivity index (χ0) is 18.9. The number of piperidine rings is 1. The van der Waals surface area contributed by atoms with Gasteiger partial charge < -0.3 is 20.3 Å². The molecule has 1 fully saturated rings. The zero-order valence-electron chi connectivity index (χ0n) is 16.0. The summed E-state index contributed by atoms with van der Waals surface area (Å²) in [5, 5.41) is 5.10. The van der Waals surface area contributed by atoms with E-state index in [1.54, 1.807) is 0 Å². The highest BCUT2D eigenvalue weighted by molar-refractivity contribution is 5.79. The Morgan fingerprint density at radius 3 is 2.62 bits per heavy atom. The van der Waals surface area contributed by atoms with Gasteiger partial charge in [0, 0.05) is 32.9 Å². The molecule has 7 heteroatoms. The van der Waals surface area contributed by atoms with Crippen LogP contribution in [0.15, 0.2) is 18.3 Å². The van der Waals surface area contributed by atoms with Crippen LogP contribution in [0.2, 0.25) is 0 Å². The molecule has 0 saturated carbocycles. The van der Waals surface area contributed by atoms with Crippen LogP contribution in [0.25, 0.3) is 0 Å². The number of nitrogens with one attached hydrogen (secondary N) is 2. The Balaban J connectivity index is 1.65. The summed E-state index contributed by atoms with van der Waals surface area (Å²) in [5.74, 6) is 1.81. The second-order valence-corrected chi connectivity index (χ2v) is 7.00. The van der Waals surface area contributed by atoms with Gasteiger partial charge in [-0.05, 0) is 42.7 Å². The van der Waals surface area contributed by atoms with E-state index in [1.165, 1.54) is 12.6 Å². The average molecular weight is 362 g/mol. The van der Waals surface area contributed by atoms with Crippen molar-refractivity contribution in [3.05, 3.63) is 23.9 Å². The van der Waals surface area contributed by atoms with E-state index < -0.39 is 6.09 Å². The normalized spacial score (nSPS) is 15.0. The molecule has 7 nitrogen and oxygen atoms in total. The van der Waals surface area contributed by atoms with Crippen molar-refractivity contribution in [3.8, 4) is 0 Å². The van der Waals surface area contributed by atoms with Crippen LogP contribution in [0, 0.1) is 5.92 Å². The van der Waals surface area contributed by atoms with Crippen molar-refractivity contribution in [2.45, 2.75) is 39.0 Å². The van der Waals surface area contributed by atoms with Gasteiger partial charge in [0.15, 0.2) is 6.61 Å². The van der Waals surface area contributed by atoms with Gasteiger partial charge in [-0.15, -0.1) is 0 Å². The molecule has 2 amide bonds. The number of ether oxygens (including phenoxy) is 1. The third kappa shape index (κ3) is 6.20. The number of alkyl carbamates (subject to hydrolysis) is 1. The maximum Gasteiger partial charge on any atom is 0.407 e. The van der Waals surface area contributed by atoms with Crippen LogP contribution in [-0.4, -0.2) is 50.3 Å². The molecule has 1 aliphatic heterocycles. The second-order valence-electron chi connectivity index (χ2n) is 7.00. The number of anilines is 1. The maximum absolute atomic E-state index is 11.5. The Bertz CT molecular complexity index is 581. The number of nitrogens with zero attached hydrogens (tertiary/aromatic N) is 2. The lowest BCUT2D eigenvalue weighted by molar-refractivity contribution is -0.123. The van der Waals surface area contributed by atoms with E-state index in [4.69, 9.17) is 4.74 Å². The van der Waals surface area contributed by atoms with Crippen LogP contribution in [0.5, 0.6) is 0 Å². The molecule has 2 N–H and O–H groups in total. The molecule has 0 bridgehead atoms. The number of likely N-dealkylation sites (N-methyl/N-ethyl adjacent to an activating group) is 1. The number of carbonyl (C=O) groups is 2. The van der Waals surface area contributed by atoms with Crippen LogP contribution in [0.1, 0.15) is 44.6 Å². The van der Waals surface area contributed by atoms with Crippen molar-refractivity contribution in [1.29, 1.82) is 0 Å². The molecule has 0 spiro atoms. The highest BCUT2D eigenvalue weighted by Gasteiger charge is 2.20. The molecule has 2 heterocycles. The molecule has 1 aromatic heterocycles. The second kappa shape index (κ2) is 9.99. The van der Waals surface area contributed by atoms with Gasteiger partial charge in [-0.2, -0.15) is 0 Å². The number of pyridine rings is 1. The summed E-state index contributed by atoms with van der Waals surface area (Å²) in [6, 6.07) is 4.27. The Morgan fingerprint density at radius 1 is 1.31 bits per heavy atom. The quantitative estimate of drug-likeness (QED) is 0.777. The van der Waals surface area contributed by atoms with Gasteiger partial charge in [0.05, 0.1) is 0 Å². The van der Waals surface area contributed by atoms with E-state index in [0.717, 1.165) is 38.2 Å². The number of aromatic nitrogens is 1. The van der Waals surface area contributed by atoms with E-state index in [-0.39, 0.29) is 12.5 Å². The number of carbonyl (C=O) groups excluding carboxylic acids is 2. The van der Waals surface area contributed by atoms with Gasteiger partial charge in [-0.1, -0.05) is 19.9 Å². The predicted octanol–water partition coefficient (Wildman–Crippen LogP) is 2.28. The molecule has 1 aliphatic rings. The predicted molar refractivity (Wildman–Crippen MR) is 101 cm³/mol. The molecule has 1 aromatic rings. The Labute approximate surface area is 155 Å². The Hall–Kier alpha value is -2.31. The molecule has 0 radical (unpaired) electrons. The van der Waals surface area contributed by atoms with Crippen LogP contribution >= 0.6 is 0 Å². The van der Waals surface area contributed by atoms with E-state index in [2.05, 4.69) is 46.5 Å². The molecular formula is C19H30N4O3. The summed E-state index contributed by atoms with van der Waals surface area (Å²) in [6.07, 6.45) is 4.52. The molecule has 144 valence electrons. The van der Waals surface area contributed by atoms with Crippen LogP contribution in [-0.2, 0) is 9.53 Å². The maximum atomic E-state index is 11.5. The third-order valence-electron chi connectivity index (χ3n) is 4.81. The van der Waals surface area contributed by atoms with Crippen molar-refractivity contribution in [3.63, 3.8) is 0 Å². The molecular weight excluding hydrogens is 332 g/mol. The van der Waals surface area contributed by atoms with Crippen LogP contribution in [0.3, 0.4) is 0 Å². The first-order valence-corrected chi connectivity index (χ1v) is 9.31. The fourth-order valence-electron chi connectivity index (χ4n) is 3.01. The topological polar surface area (TPSA) is 83.6 Å². The van der Waals surface area contributed by atoms with Crippen molar-refractivity contribution in [2.24, 2.45) is 5.92 Å². The van der Waals surface area contributed by atoms with Gasteiger partial charge in [0.2, 0.25) is 0 Å². The van der Waals surface area contributed by atoms with E-state index in [1.807, 2.05) is 6.20 Å². The summed E-state index contributed by atoms with van der Waals surface area (Å²) in [6.45, 7) is 6.64. The summed E-state index contributed by atoms with van der Waals surface area (Å²) in [7, 11) is 1.50. The number of rotatable bonds is 7. The van der Waals surface area contributed by atoms with Crippen molar-refractivity contribution >= 4 is 17.8 Å². The Morgan fingerprint density at radius 2 is 2.04 bits per heavy atom. The fourth-order valence-corrected chi connectivity index (χ4v) is 3.01. The van der Waals surface area contributed by atoms with Gasteiger partial charge in [0.25, 0.3) is 5.91 Å². The lowest BCUT2D eigenvalue weighted by Crippen LogP contribution is -2.36. The van der Waals surface area contributed by atoms with Crippen LogP contribution in [0.4, 0.5) is 10.6 Å². The molecule has 26 heavy (non-hydrogen) atoms. The first kappa shape index (κ1) is 20.0. The van der Waals surface area contributed by atoms with Gasteiger partial charge >= 0.3 is 6.09 Å². The van der Waals surface area contributed by atoms with E-state index in [9.17, 15) is 9.59 Å². The monoisotopic (exact) mass is 362 g/mol. The summed E-state index contributed by atoms with van der Waals surface area (Å²) in [4.78, 5) is 29.4. The smallest absolute Gasteiger partial charge is 0.407 e. The van der Waals surface area contributed by atoms with Crippen molar-refractivity contribution < 1.29 is 14.3 Å². The lowest BCUT2D eigenvalue weighted by Gasteiger charge is -2.33. The molecule has 0 aliphatic carbocycles. The van der Waals surface area contributed by atoms with Gasteiger partial charge in [-0.25, -0.2) is 9.78 Å². The highest BCUT2D eigenvalue weighted by atomic mass is 16.6. The standard InChI is InChI=1S/C19H30N4O3/c1-14(2)16-4-5-17(22-12-16)23-10-7-15(8-11-23)6-9-21-19(25)26-13-18(24)20-3/h4-5,12,14-15H,6-11,13H2,1-3H3,(H,20,24)(H,21,25). The number of hydrogen-bond acceptors (Lipinski definition) is 5. The highest BCUT2D eigenvalue weighted by Crippen LogP contribution is 2.24. The molecule has 0 aromatic carbocycles. The summed E-state index contributed by atoms with van der Waals surface area (Å²) in [5.41, 5.74) is 1.26. The number of amides is 2. The van der Waals surface area contributed by atoms with Crippen LogP contribution < -0.4 is 15.5 Å². The summed E-state index contributed by atoms with van der Waals surface area (Å²) < 4.78 is 4.81. The third-order valence-corrected chi connectivity index (χ3v) is 4.81. The molecule has 0 atom stereocenters. The van der Waals surface area contributed by atoms with Gasteiger partial charge in [-0.3, -0.25) is 4.79 Å².